The van der Waals surface area contributed by atoms with Crippen molar-refractivity contribution in [1.82, 2.24) is 0 Å². The number of unbranched alkanes of at least 4 members (excludes halogenated alkanes) is 18. The lowest BCUT2D eigenvalue weighted by atomic mass is 10.1. The molecule has 0 aliphatic heterocycles. The lowest BCUT2D eigenvalue weighted by Gasteiger charge is -2.31. The molecule has 0 N–H and O–H groups in total. The summed E-state index contributed by atoms with van der Waals surface area (Å²) in [6, 6.07) is 9.59. The Balaban J connectivity index is 2.18. The minimum Gasteiger partial charge on any atom is -0.325 e. The van der Waals surface area contributed by atoms with Gasteiger partial charge in [0.05, 0.1) is 41.3 Å². The molecular formula is C36H70N2+2. The van der Waals surface area contributed by atoms with Crippen LogP contribution in [-0.4, -0.2) is 50.2 Å². The summed E-state index contributed by atoms with van der Waals surface area (Å²) in [5.41, 5.74) is 2.98. The molecule has 1 rings (SSSR count). The molecule has 0 amide bonds. The third kappa shape index (κ3) is 20.1. The van der Waals surface area contributed by atoms with Crippen molar-refractivity contribution in [2.45, 2.75) is 155 Å². The Morgan fingerprint density at radius 3 is 0.868 bits per heavy atom. The second kappa shape index (κ2) is 21.9. The van der Waals surface area contributed by atoms with Gasteiger partial charge < -0.3 is 8.97 Å². The van der Waals surface area contributed by atoms with Crippen LogP contribution >= 0.6 is 0 Å². The predicted molar refractivity (Wildman–Crippen MR) is 171 cm³/mol. The molecule has 0 atom stereocenters. The van der Waals surface area contributed by atoms with Gasteiger partial charge in [0.1, 0.15) is 13.1 Å². The summed E-state index contributed by atoms with van der Waals surface area (Å²) in [7, 11) is 9.64. The summed E-state index contributed by atoms with van der Waals surface area (Å²) < 4.78 is 2.22. The van der Waals surface area contributed by atoms with Gasteiger partial charge >= 0.3 is 0 Å². The van der Waals surface area contributed by atoms with Crippen LogP contribution < -0.4 is 0 Å². The first-order valence-electron chi connectivity index (χ1n) is 17.0. The van der Waals surface area contributed by atoms with E-state index in [1.807, 2.05) is 0 Å². The van der Waals surface area contributed by atoms with Crippen LogP contribution in [-0.2, 0) is 13.1 Å². The summed E-state index contributed by atoms with van der Waals surface area (Å²) in [5.74, 6) is 0. The Hall–Kier alpha value is -0.860. The zero-order valence-electron chi connectivity index (χ0n) is 27.2. The number of rotatable bonds is 26. The second-order valence-corrected chi connectivity index (χ2v) is 13.8. The van der Waals surface area contributed by atoms with Crippen molar-refractivity contribution < 1.29 is 8.97 Å². The molecule has 0 unspecified atom stereocenters. The molecule has 0 heterocycles. The Morgan fingerprint density at radius 2 is 0.605 bits per heavy atom. The van der Waals surface area contributed by atoms with Crippen LogP contribution in [0.25, 0.3) is 0 Å². The molecular weight excluding hydrogens is 460 g/mol. The van der Waals surface area contributed by atoms with E-state index in [0.29, 0.717) is 0 Å². The Labute approximate surface area is 240 Å². The second-order valence-electron chi connectivity index (χ2n) is 13.8. The quantitative estimate of drug-likeness (QED) is 0.0825. The van der Waals surface area contributed by atoms with E-state index < -0.39 is 0 Å². The van der Waals surface area contributed by atoms with E-state index in [1.54, 1.807) is 0 Å². The first-order chi connectivity index (χ1) is 18.3. The fourth-order valence-corrected chi connectivity index (χ4v) is 5.95. The average Bonchev–Trinajstić information content (AvgIpc) is 2.87. The topological polar surface area (TPSA) is 0 Å². The summed E-state index contributed by atoms with van der Waals surface area (Å²) in [4.78, 5) is 0. The van der Waals surface area contributed by atoms with Crippen molar-refractivity contribution in [2.24, 2.45) is 0 Å². The van der Waals surface area contributed by atoms with Crippen molar-refractivity contribution in [3.05, 3.63) is 35.4 Å². The van der Waals surface area contributed by atoms with Gasteiger partial charge in [0.15, 0.2) is 0 Å². The van der Waals surface area contributed by atoms with E-state index >= 15 is 0 Å². The van der Waals surface area contributed by atoms with Gasteiger partial charge in [-0.05, 0) is 25.7 Å². The van der Waals surface area contributed by atoms with Gasteiger partial charge in [0.25, 0.3) is 0 Å². The highest BCUT2D eigenvalue weighted by atomic mass is 15.3. The maximum absolute atomic E-state index is 2.41. The van der Waals surface area contributed by atoms with Gasteiger partial charge in [-0.15, -0.1) is 0 Å². The predicted octanol–water partition coefficient (Wildman–Crippen LogP) is 10.7. The lowest BCUT2D eigenvalue weighted by molar-refractivity contribution is -0.904. The van der Waals surface area contributed by atoms with Crippen LogP contribution in [0.3, 0.4) is 0 Å². The minimum atomic E-state index is 1.11. The fraction of sp³-hybridized carbons (Fsp3) is 0.833. The molecule has 0 bridgehead atoms. The summed E-state index contributed by atoms with van der Waals surface area (Å²) in [5, 5.41) is 0. The maximum Gasteiger partial charge on any atom is 0.104 e. The molecule has 1 aromatic carbocycles. The van der Waals surface area contributed by atoms with Crippen LogP contribution in [0.2, 0.25) is 0 Å². The van der Waals surface area contributed by atoms with Crippen LogP contribution in [0.1, 0.15) is 153 Å². The first-order valence-corrected chi connectivity index (χ1v) is 17.0. The summed E-state index contributed by atoms with van der Waals surface area (Å²) in [6.45, 7) is 9.48. The highest BCUT2D eigenvalue weighted by Gasteiger charge is 2.18. The zero-order chi connectivity index (χ0) is 28.0. The summed E-state index contributed by atoms with van der Waals surface area (Å²) in [6.07, 6.45) is 28.4. The van der Waals surface area contributed by atoms with E-state index in [1.165, 1.54) is 153 Å². The van der Waals surface area contributed by atoms with E-state index in [4.69, 9.17) is 0 Å². The van der Waals surface area contributed by atoms with Crippen molar-refractivity contribution in [1.29, 1.82) is 0 Å². The van der Waals surface area contributed by atoms with Gasteiger partial charge in [0.2, 0.25) is 0 Å². The molecule has 1 aromatic rings. The van der Waals surface area contributed by atoms with Gasteiger partial charge in [-0.25, -0.2) is 0 Å². The highest BCUT2D eigenvalue weighted by Crippen LogP contribution is 2.18. The Kier molecular flexibility index (Phi) is 20.3. The third-order valence-electron chi connectivity index (χ3n) is 8.48. The maximum atomic E-state index is 2.41. The minimum absolute atomic E-state index is 1.11. The smallest absolute Gasteiger partial charge is 0.104 e. The zero-order valence-corrected chi connectivity index (χ0v) is 27.2. The lowest BCUT2D eigenvalue weighted by Crippen LogP contribution is -2.40. The van der Waals surface area contributed by atoms with Gasteiger partial charge in [0, 0.05) is 11.1 Å². The molecule has 222 valence electrons. The molecule has 0 radical (unpaired) electrons. The van der Waals surface area contributed by atoms with Crippen molar-refractivity contribution in [2.75, 3.05) is 41.3 Å². The molecule has 38 heavy (non-hydrogen) atoms. The molecule has 2 heteroatoms. The molecule has 2 nitrogen and oxygen atoms in total. The number of quaternary nitrogens is 2. The number of benzene rings is 1. The van der Waals surface area contributed by atoms with Crippen LogP contribution in [0.15, 0.2) is 24.3 Å². The highest BCUT2D eigenvalue weighted by molar-refractivity contribution is 5.21. The molecule has 0 saturated heterocycles. The van der Waals surface area contributed by atoms with Gasteiger partial charge in [-0.1, -0.05) is 141 Å². The molecule has 0 aliphatic carbocycles. The van der Waals surface area contributed by atoms with Crippen molar-refractivity contribution in [3.63, 3.8) is 0 Å². The van der Waals surface area contributed by atoms with Gasteiger partial charge in [-0.2, -0.15) is 0 Å². The Morgan fingerprint density at radius 1 is 0.368 bits per heavy atom. The monoisotopic (exact) mass is 531 g/mol. The van der Waals surface area contributed by atoms with Crippen molar-refractivity contribution >= 4 is 0 Å². The van der Waals surface area contributed by atoms with Crippen LogP contribution in [0.5, 0.6) is 0 Å². The van der Waals surface area contributed by atoms with E-state index in [0.717, 1.165) is 22.1 Å². The first kappa shape index (κ1) is 35.2. The Bertz CT molecular complexity index is 589. The third-order valence-corrected chi connectivity index (χ3v) is 8.48. The SMILES string of the molecule is CCCCCCCCCCCC[N+](C)(C)Cc1ccc(C[N+](C)(C)CCCCCCCCCCCC)cc1. The van der Waals surface area contributed by atoms with Gasteiger partial charge in [-0.3, -0.25) is 0 Å². The van der Waals surface area contributed by atoms with Crippen molar-refractivity contribution in [3.8, 4) is 0 Å². The number of nitrogens with zero attached hydrogens (tertiary/aromatic N) is 2. The molecule has 0 spiro atoms. The molecule has 0 aromatic heterocycles. The fourth-order valence-electron chi connectivity index (χ4n) is 5.95. The van der Waals surface area contributed by atoms with E-state index in [2.05, 4.69) is 66.3 Å². The standard InChI is InChI=1S/C36H70N2/c1-7-9-11-13-15-17-19-21-23-25-31-37(3,4)33-35-27-29-36(30-28-35)34-38(5,6)32-26-24-22-20-18-16-14-12-10-8-2/h27-30H,7-26,31-34H2,1-6H3/q+2. The number of hydrogen-bond acceptors (Lipinski definition) is 0. The van der Waals surface area contributed by atoms with E-state index in [-0.39, 0.29) is 0 Å². The average molecular weight is 531 g/mol. The molecule has 0 aliphatic rings. The van der Waals surface area contributed by atoms with E-state index in [9.17, 15) is 0 Å². The van der Waals surface area contributed by atoms with Crippen LogP contribution in [0, 0.1) is 0 Å². The molecule has 0 fully saturated rings. The largest absolute Gasteiger partial charge is 0.325 e. The normalized spacial score (nSPS) is 12.4. The summed E-state index contributed by atoms with van der Waals surface area (Å²) >= 11 is 0. The van der Waals surface area contributed by atoms with Crippen LogP contribution in [0.4, 0.5) is 0 Å². The molecule has 0 saturated carbocycles. The number of hydrogen-bond donors (Lipinski definition) is 0.